The van der Waals surface area contributed by atoms with Crippen LogP contribution < -0.4 is 15.4 Å². The van der Waals surface area contributed by atoms with E-state index in [1.165, 1.54) is 0 Å². The SMILES string of the molecule is CCNC(=NCc1ccc(OC)c(C)c1)NCCc1ccc(Cl)nc1. The largest absolute Gasteiger partial charge is 0.496 e. The number of halogens is 1. The highest BCUT2D eigenvalue weighted by Crippen LogP contribution is 2.18. The Hall–Kier alpha value is -2.27. The third kappa shape index (κ3) is 6.27. The summed E-state index contributed by atoms with van der Waals surface area (Å²) in [5, 5.41) is 7.12. The molecule has 2 rings (SSSR count). The first-order valence-corrected chi connectivity index (χ1v) is 8.76. The first-order chi connectivity index (χ1) is 12.1. The van der Waals surface area contributed by atoms with Crippen molar-refractivity contribution in [2.45, 2.75) is 26.8 Å². The van der Waals surface area contributed by atoms with Crippen molar-refractivity contribution in [2.24, 2.45) is 4.99 Å². The van der Waals surface area contributed by atoms with Gasteiger partial charge < -0.3 is 15.4 Å². The van der Waals surface area contributed by atoms with Gasteiger partial charge in [-0.05, 0) is 49.1 Å². The zero-order chi connectivity index (χ0) is 18.1. The van der Waals surface area contributed by atoms with Gasteiger partial charge in [0.15, 0.2) is 5.96 Å². The van der Waals surface area contributed by atoms with E-state index >= 15 is 0 Å². The number of aliphatic imine (C=N–C) groups is 1. The molecule has 0 saturated heterocycles. The fraction of sp³-hybridized carbons (Fsp3) is 0.368. The molecule has 0 saturated carbocycles. The van der Waals surface area contributed by atoms with Gasteiger partial charge in [-0.15, -0.1) is 0 Å². The first kappa shape index (κ1) is 19.1. The van der Waals surface area contributed by atoms with Gasteiger partial charge in [-0.1, -0.05) is 29.8 Å². The summed E-state index contributed by atoms with van der Waals surface area (Å²) in [7, 11) is 1.68. The van der Waals surface area contributed by atoms with Gasteiger partial charge in [0.05, 0.1) is 13.7 Å². The molecule has 2 aromatic rings. The van der Waals surface area contributed by atoms with Crippen LogP contribution >= 0.6 is 11.6 Å². The summed E-state index contributed by atoms with van der Waals surface area (Å²) in [6.45, 7) is 6.29. The molecule has 5 nitrogen and oxygen atoms in total. The quantitative estimate of drug-likeness (QED) is 0.451. The van der Waals surface area contributed by atoms with Gasteiger partial charge in [-0.3, -0.25) is 0 Å². The van der Waals surface area contributed by atoms with E-state index in [1.54, 1.807) is 13.3 Å². The van der Waals surface area contributed by atoms with E-state index in [4.69, 9.17) is 16.3 Å². The lowest BCUT2D eigenvalue weighted by molar-refractivity contribution is 0.411. The van der Waals surface area contributed by atoms with Crippen molar-refractivity contribution >= 4 is 17.6 Å². The van der Waals surface area contributed by atoms with Crippen LogP contribution in [0.5, 0.6) is 5.75 Å². The van der Waals surface area contributed by atoms with Crippen molar-refractivity contribution < 1.29 is 4.74 Å². The predicted octanol–water partition coefficient (Wildman–Crippen LogP) is 3.35. The Morgan fingerprint density at radius 2 is 2.00 bits per heavy atom. The second-order valence-electron chi connectivity index (χ2n) is 5.67. The van der Waals surface area contributed by atoms with Crippen LogP contribution in [0.25, 0.3) is 0 Å². The van der Waals surface area contributed by atoms with Gasteiger partial charge in [0.25, 0.3) is 0 Å². The highest BCUT2D eigenvalue weighted by Gasteiger charge is 2.02. The Morgan fingerprint density at radius 1 is 1.20 bits per heavy atom. The molecule has 0 fully saturated rings. The molecule has 0 radical (unpaired) electrons. The van der Waals surface area contributed by atoms with Crippen LogP contribution in [-0.2, 0) is 13.0 Å². The molecule has 1 aromatic heterocycles. The molecule has 0 bridgehead atoms. The Bertz CT molecular complexity index is 701. The van der Waals surface area contributed by atoms with E-state index in [9.17, 15) is 0 Å². The maximum absolute atomic E-state index is 5.80. The van der Waals surface area contributed by atoms with Gasteiger partial charge in [-0.25, -0.2) is 9.98 Å². The van der Waals surface area contributed by atoms with Gasteiger partial charge in [-0.2, -0.15) is 0 Å². The lowest BCUT2D eigenvalue weighted by Crippen LogP contribution is -2.38. The second-order valence-corrected chi connectivity index (χ2v) is 6.05. The van der Waals surface area contributed by atoms with Crippen molar-refractivity contribution in [3.63, 3.8) is 0 Å². The predicted molar refractivity (Wildman–Crippen MR) is 104 cm³/mol. The molecule has 0 amide bonds. The molecule has 25 heavy (non-hydrogen) atoms. The Kier molecular flexibility index (Phi) is 7.54. The number of pyridine rings is 1. The molecule has 1 heterocycles. The smallest absolute Gasteiger partial charge is 0.191 e. The van der Waals surface area contributed by atoms with Crippen LogP contribution in [0.4, 0.5) is 0 Å². The number of aryl methyl sites for hydroxylation is 1. The highest BCUT2D eigenvalue weighted by molar-refractivity contribution is 6.29. The first-order valence-electron chi connectivity index (χ1n) is 8.38. The average molecular weight is 361 g/mol. The molecule has 134 valence electrons. The lowest BCUT2D eigenvalue weighted by Gasteiger charge is -2.12. The molecule has 2 N–H and O–H groups in total. The number of nitrogens with one attached hydrogen (secondary N) is 2. The van der Waals surface area contributed by atoms with Crippen LogP contribution in [0.15, 0.2) is 41.5 Å². The van der Waals surface area contributed by atoms with Crippen LogP contribution in [0, 0.1) is 6.92 Å². The van der Waals surface area contributed by atoms with Crippen LogP contribution in [0.1, 0.15) is 23.6 Å². The van der Waals surface area contributed by atoms with Crippen molar-refractivity contribution in [1.29, 1.82) is 0 Å². The van der Waals surface area contributed by atoms with E-state index in [0.29, 0.717) is 11.7 Å². The molecular formula is C19H25ClN4O. The fourth-order valence-electron chi connectivity index (χ4n) is 2.43. The Balaban J connectivity index is 1.91. The van der Waals surface area contributed by atoms with Crippen LogP contribution in [0.2, 0.25) is 5.15 Å². The number of guanidine groups is 1. The number of methoxy groups -OCH3 is 1. The summed E-state index contributed by atoms with van der Waals surface area (Å²) >= 11 is 5.80. The summed E-state index contributed by atoms with van der Waals surface area (Å²) in [5.41, 5.74) is 3.40. The van der Waals surface area contributed by atoms with Gasteiger partial charge >= 0.3 is 0 Å². The summed E-state index contributed by atoms with van der Waals surface area (Å²) in [5.74, 6) is 1.70. The van der Waals surface area contributed by atoms with Crippen molar-refractivity contribution in [3.05, 3.63) is 58.4 Å². The number of nitrogens with zero attached hydrogens (tertiary/aromatic N) is 2. The van der Waals surface area contributed by atoms with E-state index in [1.807, 2.05) is 31.2 Å². The number of benzene rings is 1. The van der Waals surface area contributed by atoms with Gasteiger partial charge in [0.1, 0.15) is 10.9 Å². The average Bonchev–Trinajstić information content (AvgIpc) is 2.61. The second kappa shape index (κ2) is 9.89. The summed E-state index contributed by atoms with van der Waals surface area (Å²) in [6.07, 6.45) is 2.66. The normalized spacial score (nSPS) is 11.3. The minimum atomic E-state index is 0.515. The summed E-state index contributed by atoms with van der Waals surface area (Å²) in [6, 6.07) is 9.92. The van der Waals surface area contributed by atoms with Crippen molar-refractivity contribution in [1.82, 2.24) is 15.6 Å². The van der Waals surface area contributed by atoms with Crippen molar-refractivity contribution in [3.8, 4) is 5.75 Å². The maximum Gasteiger partial charge on any atom is 0.191 e. The monoisotopic (exact) mass is 360 g/mol. The summed E-state index contributed by atoms with van der Waals surface area (Å²) in [4.78, 5) is 8.74. The molecular weight excluding hydrogens is 336 g/mol. The molecule has 0 atom stereocenters. The van der Waals surface area contributed by atoms with Gasteiger partial charge in [0.2, 0.25) is 0 Å². The number of hydrogen-bond acceptors (Lipinski definition) is 3. The molecule has 0 aliphatic carbocycles. The molecule has 6 heteroatoms. The Morgan fingerprint density at radius 3 is 2.64 bits per heavy atom. The Labute approximate surface area is 154 Å². The number of ether oxygens (including phenoxy) is 1. The summed E-state index contributed by atoms with van der Waals surface area (Å²) < 4.78 is 5.29. The molecule has 0 spiro atoms. The van der Waals surface area contributed by atoms with E-state index in [0.717, 1.165) is 47.9 Å². The zero-order valence-electron chi connectivity index (χ0n) is 15.0. The molecule has 0 aliphatic heterocycles. The maximum atomic E-state index is 5.80. The van der Waals surface area contributed by atoms with E-state index < -0.39 is 0 Å². The van der Waals surface area contributed by atoms with E-state index in [-0.39, 0.29) is 0 Å². The number of aromatic nitrogens is 1. The van der Waals surface area contributed by atoms with Crippen LogP contribution in [0.3, 0.4) is 0 Å². The minimum absolute atomic E-state index is 0.515. The number of rotatable bonds is 7. The van der Waals surface area contributed by atoms with Crippen LogP contribution in [-0.4, -0.2) is 31.1 Å². The third-order valence-electron chi connectivity index (χ3n) is 3.72. The van der Waals surface area contributed by atoms with E-state index in [2.05, 4.69) is 33.6 Å². The highest BCUT2D eigenvalue weighted by atomic mass is 35.5. The van der Waals surface area contributed by atoms with Crippen molar-refractivity contribution in [2.75, 3.05) is 20.2 Å². The fourth-order valence-corrected chi connectivity index (χ4v) is 2.54. The van der Waals surface area contributed by atoms with Gasteiger partial charge in [0, 0.05) is 19.3 Å². The number of hydrogen-bond donors (Lipinski definition) is 2. The molecule has 1 aromatic carbocycles. The standard InChI is InChI=1S/C19H25ClN4O/c1-4-21-19(22-10-9-15-6-8-18(20)23-12-15)24-13-16-5-7-17(25-3)14(2)11-16/h5-8,11-12H,4,9-10,13H2,1-3H3,(H2,21,22,24). The molecule has 0 unspecified atom stereocenters. The minimum Gasteiger partial charge on any atom is -0.496 e. The lowest BCUT2D eigenvalue weighted by atomic mass is 10.1. The molecule has 0 aliphatic rings. The third-order valence-corrected chi connectivity index (χ3v) is 3.94. The zero-order valence-corrected chi connectivity index (χ0v) is 15.7. The topological polar surface area (TPSA) is 58.5 Å².